The zero-order valence-corrected chi connectivity index (χ0v) is 11.5. The van der Waals surface area contributed by atoms with Crippen molar-refractivity contribution in [1.29, 1.82) is 5.26 Å². The van der Waals surface area contributed by atoms with Gasteiger partial charge in [0.15, 0.2) is 0 Å². The Morgan fingerprint density at radius 3 is 2.76 bits per heavy atom. The van der Waals surface area contributed by atoms with Gasteiger partial charge in [-0.1, -0.05) is 6.07 Å². The topological polar surface area (TPSA) is 71.9 Å². The number of aromatic nitrogens is 1. The van der Waals surface area contributed by atoms with Crippen LogP contribution in [0, 0.1) is 18.3 Å². The normalized spacial score (nSPS) is 10.3. The van der Waals surface area contributed by atoms with E-state index < -0.39 is 0 Å². The number of ether oxygens (including phenoxy) is 1. The number of nitriles is 1. The van der Waals surface area contributed by atoms with Gasteiger partial charge in [-0.05, 0) is 42.8 Å². The van der Waals surface area contributed by atoms with Crippen LogP contribution >= 0.6 is 0 Å². The lowest BCUT2D eigenvalue weighted by Gasteiger charge is -2.12. The SMILES string of the molecule is Cc1ccc(C#N)cc1Oc1ccc(N)c2ccncc12. The fraction of sp³-hybridized carbons (Fsp3) is 0.0588. The molecule has 3 aromatic rings. The van der Waals surface area contributed by atoms with Crippen molar-refractivity contribution in [3.63, 3.8) is 0 Å². The van der Waals surface area contributed by atoms with Crippen molar-refractivity contribution in [2.45, 2.75) is 6.92 Å². The van der Waals surface area contributed by atoms with Crippen LogP contribution in [0.15, 0.2) is 48.8 Å². The molecule has 0 atom stereocenters. The van der Waals surface area contributed by atoms with Crippen molar-refractivity contribution >= 4 is 16.5 Å². The van der Waals surface area contributed by atoms with Crippen LogP contribution < -0.4 is 10.5 Å². The number of nitrogens with zero attached hydrogens (tertiary/aromatic N) is 2. The highest BCUT2D eigenvalue weighted by Crippen LogP contribution is 2.34. The average Bonchev–Trinajstić information content (AvgIpc) is 2.52. The summed E-state index contributed by atoms with van der Waals surface area (Å²) < 4.78 is 5.97. The number of rotatable bonds is 2. The molecule has 0 spiro atoms. The first-order valence-electron chi connectivity index (χ1n) is 6.50. The number of hydrogen-bond donors (Lipinski definition) is 1. The third kappa shape index (κ3) is 2.37. The summed E-state index contributed by atoms with van der Waals surface area (Å²) >= 11 is 0. The molecule has 0 bridgehead atoms. The molecule has 0 saturated carbocycles. The molecule has 102 valence electrons. The van der Waals surface area contributed by atoms with Crippen molar-refractivity contribution in [2.24, 2.45) is 0 Å². The highest BCUT2D eigenvalue weighted by Gasteiger charge is 2.08. The van der Waals surface area contributed by atoms with Crippen molar-refractivity contribution in [2.75, 3.05) is 5.73 Å². The number of nitrogens with two attached hydrogens (primary N) is 1. The van der Waals surface area contributed by atoms with Gasteiger partial charge in [0.05, 0.1) is 11.6 Å². The smallest absolute Gasteiger partial charge is 0.136 e. The number of anilines is 1. The summed E-state index contributed by atoms with van der Waals surface area (Å²) in [5, 5.41) is 10.7. The van der Waals surface area contributed by atoms with Gasteiger partial charge in [0, 0.05) is 28.9 Å². The van der Waals surface area contributed by atoms with E-state index in [0.29, 0.717) is 22.7 Å². The minimum Gasteiger partial charge on any atom is -0.456 e. The maximum atomic E-state index is 9.00. The Balaban J connectivity index is 2.11. The second-order valence-corrected chi connectivity index (χ2v) is 4.77. The molecule has 2 aromatic carbocycles. The van der Waals surface area contributed by atoms with Gasteiger partial charge in [-0.2, -0.15) is 5.26 Å². The van der Waals surface area contributed by atoms with Gasteiger partial charge in [-0.25, -0.2) is 0 Å². The predicted molar refractivity (Wildman–Crippen MR) is 82.1 cm³/mol. The van der Waals surface area contributed by atoms with Gasteiger partial charge in [0.2, 0.25) is 0 Å². The summed E-state index contributed by atoms with van der Waals surface area (Å²) in [6.45, 7) is 1.94. The van der Waals surface area contributed by atoms with Crippen LogP contribution in [0.4, 0.5) is 5.69 Å². The van der Waals surface area contributed by atoms with Crippen LogP contribution in [0.1, 0.15) is 11.1 Å². The molecule has 0 aliphatic heterocycles. The summed E-state index contributed by atoms with van der Waals surface area (Å²) in [6.07, 6.45) is 3.43. The summed E-state index contributed by atoms with van der Waals surface area (Å²) in [5.74, 6) is 1.33. The third-order valence-corrected chi connectivity index (χ3v) is 3.35. The van der Waals surface area contributed by atoms with Gasteiger partial charge in [0.25, 0.3) is 0 Å². The standard InChI is InChI=1S/C17H13N3O/c1-11-2-3-12(9-18)8-17(11)21-16-5-4-15(19)13-6-7-20-10-14(13)16/h2-8,10H,19H2,1H3. The second kappa shape index (κ2) is 5.14. The summed E-state index contributed by atoms with van der Waals surface area (Å²) in [5.41, 5.74) is 8.17. The Kier molecular flexibility index (Phi) is 3.17. The van der Waals surface area contributed by atoms with E-state index in [1.807, 2.05) is 25.1 Å². The Labute approximate surface area is 122 Å². The van der Waals surface area contributed by atoms with Crippen LogP contribution in [0.25, 0.3) is 10.8 Å². The molecule has 0 unspecified atom stereocenters. The Bertz CT molecular complexity index is 866. The van der Waals surface area contributed by atoms with E-state index >= 15 is 0 Å². The molecule has 3 rings (SSSR count). The molecule has 0 saturated heterocycles. The van der Waals surface area contributed by atoms with Crippen LogP contribution in [0.5, 0.6) is 11.5 Å². The fourth-order valence-electron chi connectivity index (χ4n) is 2.17. The molecule has 0 amide bonds. The average molecular weight is 275 g/mol. The number of fused-ring (bicyclic) bond motifs is 1. The van der Waals surface area contributed by atoms with Gasteiger partial charge in [-0.15, -0.1) is 0 Å². The molecule has 4 nitrogen and oxygen atoms in total. The number of pyridine rings is 1. The Hall–Kier alpha value is -3.06. The quantitative estimate of drug-likeness (QED) is 0.722. The van der Waals surface area contributed by atoms with Gasteiger partial charge in [0.1, 0.15) is 11.5 Å². The zero-order chi connectivity index (χ0) is 14.8. The van der Waals surface area contributed by atoms with E-state index in [2.05, 4.69) is 11.1 Å². The highest BCUT2D eigenvalue weighted by atomic mass is 16.5. The lowest BCUT2D eigenvalue weighted by Crippen LogP contribution is -1.93. The number of hydrogen-bond acceptors (Lipinski definition) is 4. The van der Waals surface area contributed by atoms with Crippen LogP contribution in [0.3, 0.4) is 0 Å². The lowest BCUT2D eigenvalue weighted by atomic mass is 10.1. The highest BCUT2D eigenvalue weighted by molar-refractivity contribution is 5.96. The monoisotopic (exact) mass is 275 g/mol. The largest absolute Gasteiger partial charge is 0.456 e. The van der Waals surface area contributed by atoms with E-state index in [0.717, 1.165) is 16.3 Å². The zero-order valence-electron chi connectivity index (χ0n) is 11.5. The first-order valence-corrected chi connectivity index (χ1v) is 6.50. The molecule has 0 radical (unpaired) electrons. The predicted octanol–water partition coefficient (Wildman–Crippen LogP) is 3.79. The molecule has 0 aliphatic rings. The summed E-state index contributed by atoms with van der Waals surface area (Å²) in [7, 11) is 0. The molecule has 0 fully saturated rings. The number of nitrogen functional groups attached to an aromatic ring is 1. The van der Waals surface area contributed by atoms with Crippen LogP contribution in [-0.4, -0.2) is 4.98 Å². The first kappa shape index (κ1) is 12.9. The molecular weight excluding hydrogens is 262 g/mol. The Morgan fingerprint density at radius 1 is 1.10 bits per heavy atom. The molecule has 1 aromatic heterocycles. The van der Waals surface area contributed by atoms with E-state index in [4.69, 9.17) is 15.7 Å². The van der Waals surface area contributed by atoms with E-state index in [-0.39, 0.29) is 0 Å². The molecule has 21 heavy (non-hydrogen) atoms. The first-order chi connectivity index (χ1) is 10.2. The number of aryl methyl sites for hydroxylation is 1. The van der Waals surface area contributed by atoms with Crippen molar-refractivity contribution in [3.8, 4) is 17.6 Å². The summed E-state index contributed by atoms with van der Waals surface area (Å²) in [4.78, 5) is 4.12. The minimum absolute atomic E-state index is 0.563. The van der Waals surface area contributed by atoms with E-state index in [1.54, 1.807) is 30.6 Å². The molecule has 2 N–H and O–H groups in total. The maximum absolute atomic E-state index is 9.00. The third-order valence-electron chi connectivity index (χ3n) is 3.35. The van der Waals surface area contributed by atoms with E-state index in [9.17, 15) is 0 Å². The van der Waals surface area contributed by atoms with Crippen LogP contribution in [0.2, 0.25) is 0 Å². The molecular formula is C17H13N3O. The number of benzene rings is 2. The Morgan fingerprint density at radius 2 is 1.95 bits per heavy atom. The molecule has 4 heteroatoms. The van der Waals surface area contributed by atoms with E-state index in [1.165, 1.54) is 0 Å². The minimum atomic E-state index is 0.563. The van der Waals surface area contributed by atoms with Crippen molar-refractivity contribution in [1.82, 2.24) is 4.98 Å². The van der Waals surface area contributed by atoms with Crippen molar-refractivity contribution < 1.29 is 4.74 Å². The van der Waals surface area contributed by atoms with Crippen LogP contribution in [-0.2, 0) is 0 Å². The van der Waals surface area contributed by atoms with Gasteiger partial charge >= 0.3 is 0 Å². The van der Waals surface area contributed by atoms with Gasteiger partial charge in [-0.3, -0.25) is 4.98 Å². The lowest BCUT2D eigenvalue weighted by molar-refractivity contribution is 0.484. The molecule has 1 heterocycles. The molecule has 0 aliphatic carbocycles. The second-order valence-electron chi connectivity index (χ2n) is 4.77. The van der Waals surface area contributed by atoms with Crippen molar-refractivity contribution in [3.05, 3.63) is 59.9 Å². The maximum Gasteiger partial charge on any atom is 0.136 e. The summed E-state index contributed by atoms with van der Waals surface area (Å²) in [6, 6.07) is 13.0. The fourth-order valence-corrected chi connectivity index (χ4v) is 2.17. The van der Waals surface area contributed by atoms with Gasteiger partial charge < -0.3 is 10.5 Å².